The highest BCUT2D eigenvalue weighted by Gasteiger charge is 2.47. The van der Waals surface area contributed by atoms with E-state index in [0.717, 1.165) is 12.1 Å². The van der Waals surface area contributed by atoms with Crippen LogP contribution in [0.15, 0.2) is 82.0 Å². The topological polar surface area (TPSA) is 196 Å². The highest BCUT2D eigenvalue weighted by atomic mass is 16.7. The number of hydrogen-bond donors (Lipinski definition) is 6. The highest BCUT2D eigenvalue weighted by Crippen LogP contribution is 2.32. The predicted octanol–water partition coefficient (Wildman–Crippen LogP) is 2.02. The van der Waals surface area contributed by atoms with E-state index >= 15 is 0 Å². The molecule has 12 nitrogen and oxygen atoms in total. The smallest absolute Gasteiger partial charge is 0.331 e. The number of benzene rings is 3. The Morgan fingerprint density at radius 2 is 1.62 bits per heavy atom. The molecule has 6 N–H and O–H groups in total. The second-order valence-electron chi connectivity index (χ2n) is 9.49. The van der Waals surface area contributed by atoms with Gasteiger partial charge in [0.15, 0.2) is 11.5 Å². The van der Waals surface area contributed by atoms with Gasteiger partial charge < -0.3 is 49.3 Å². The van der Waals surface area contributed by atoms with Gasteiger partial charge in [-0.3, -0.25) is 4.79 Å². The lowest BCUT2D eigenvalue weighted by Crippen LogP contribution is -2.61. The quantitative estimate of drug-likeness (QED) is 0.138. The first-order valence-corrected chi connectivity index (χ1v) is 12.7. The van der Waals surface area contributed by atoms with Crippen molar-refractivity contribution in [2.24, 2.45) is 0 Å². The fourth-order valence-electron chi connectivity index (χ4n) is 4.43. The van der Waals surface area contributed by atoms with Crippen LogP contribution in [0.2, 0.25) is 0 Å². The van der Waals surface area contributed by atoms with Crippen molar-refractivity contribution in [2.45, 2.75) is 30.7 Å². The number of ether oxygens (including phenoxy) is 3. The van der Waals surface area contributed by atoms with Gasteiger partial charge in [-0.05, 0) is 48.0 Å². The number of hydrogen-bond acceptors (Lipinski definition) is 12. The molecule has 1 saturated heterocycles. The fraction of sp³-hybridized carbons (Fsp3) is 0.200. The number of aliphatic hydroxyl groups excluding tert-OH is 3. The number of fused-ring (bicyclic) bond motifs is 1. The van der Waals surface area contributed by atoms with Crippen LogP contribution in [0, 0.1) is 0 Å². The number of esters is 1. The lowest BCUT2D eigenvalue weighted by Gasteiger charge is -2.41. The molecule has 4 aromatic rings. The molecule has 1 fully saturated rings. The molecule has 0 radical (unpaired) electrons. The van der Waals surface area contributed by atoms with Crippen LogP contribution >= 0.6 is 0 Å². The van der Waals surface area contributed by atoms with Gasteiger partial charge in [-0.2, -0.15) is 0 Å². The van der Waals surface area contributed by atoms with E-state index in [9.17, 15) is 40.2 Å². The zero-order valence-corrected chi connectivity index (χ0v) is 21.7. The second kappa shape index (κ2) is 11.9. The normalized spacial score (nSPS) is 22.3. The molecule has 0 saturated carbocycles. The van der Waals surface area contributed by atoms with Crippen LogP contribution < -0.4 is 10.2 Å². The lowest BCUT2D eigenvalue weighted by molar-refractivity contribution is -0.281. The van der Waals surface area contributed by atoms with Crippen molar-refractivity contribution >= 4 is 23.0 Å². The monoisotopic (exact) mass is 578 g/mol. The van der Waals surface area contributed by atoms with Crippen molar-refractivity contribution < 1.29 is 54.1 Å². The van der Waals surface area contributed by atoms with Gasteiger partial charge in [-0.1, -0.05) is 12.1 Å². The average molecular weight is 579 g/mol. The third kappa shape index (κ3) is 6.06. The van der Waals surface area contributed by atoms with Crippen LogP contribution in [0.25, 0.3) is 28.4 Å². The van der Waals surface area contributed by atoms with Crippen molar-refractivity contribution in [1.29, 1.82) is 0 Å². The molecule has 0 spiro atoms. The largest absolute Gasteiger partial charge is 0.508 e. The van der Waals surface area contributed by atoms with Gasteiger partial charge in [0, 0.05) is 29.8 Å². The third-order valence-corrected chi connectivity index (χ3v) is 6.57. The standard InChI is InChI=1S/C30H26O12/c31-14-24-27(37)28(38)29(42-25(36)10-3-15-1-6-17(32)7-2-15)30(41-24)39-19-8-4-16(5-9-19)22-13-21(35)26-20(34)11-18(33)12-23(26)40-22/h1-13,24,27-34,37-38H,14H2/t24-,27-,28+,29-,30-/m1/s1. The first-order valence-electron chi connectivity index (χ1n) is 12.7. The minimum atomic E-state index is -1.66. The van der Waals surface area contributed by atoms with Crippen molar-refractivity contribution in [3.05, 3.63) is 88.6 Å². The molecule has 218 valence electrons. The minimum absolute atomic E-state index is 0.0161. The van der Waals surface area contributed by atoms with Gasteiger partial charge in [0.2, 0.25) is 6.29 Å². The summed E-state index contributed by atoms with van der Waals surface area (Å²) in [5.41, 5.74) is 0.498. The van der Waals surface area contributed by atoms with Crippen molar-refractivity contribution in [2.75, 3.05) is 6.61 Å². The molecule has 5 atom stereocenters. The van der Waals surface area contributed by atoms with Gasteiger partial charge in [0.25, 0.3) is 0 Å². The maximum atomic E-state index is 12.6. The van der Waals surface area contributed by atoms with E-state index in [2.05, 4.69) is 0 Å². The molecular weight excluding hydrogens is 552 g/mol. The summed E-state index contributed by atoms with van der Waals surface area (Å²) in [5, 5.41) is 59.7. The maximum Gasteiger partial charge on any atom is 0.331 e. The average Bonchev–Trinajstić information content (AvgIpc) is 2.96. The lowest BCUT2D eigenvalue weighted by atomic mass is 9.99. The van der Waals surface area contributed by atoms with E-state index in [1.54, 1.807) is 24.3 Å². The highest BCUT2D eigenvalue weighted by molar-refractivity contribution is 5.87. The Kier molecular flexibility index (Phi) is 8.13. The second-order valence-corrected chi connectivity index (χ2v) is 9.49. The van der Waals surface area contributed by atoms with E-state index < -0.39 is 54.5 Å². The Labute approximate surface area is 237 Å². The fourth-order valence-corrected chi connectivity index (χ4v) is 4.43. The minimum Gasteiger partial charge on any atom is -0.508 e. The summed E-state index contributed by atoms with van der Waals surface area (Å²) >= 11 is 0. The number of aliphatic hydroxyl groups is 3. The van der Waals surface area contributed by atoms with Crippen LogP contribution in [-0.4, -0.2) is 73.9 Å². The van der Waals surface area contributed by atoms with Gasteiger partial charge in [0.05, 0.1) is 6.61 Å². The summed E-state index contributed by atoms with van der Waals surface area (Å²) in [5.74, 6) is -1.19. The third-order valence-electron chi connectivity index (χ3n) is 6.57. The molecule has 3 aromatic carbocycles. The molecule has 1 aliphatic heterocycles. The summed E-state index contributed by atoms with van der Waals surface area (Å²) in [4.78, 5) is 25.1. The molecule has 2 heterocycles. The number of aromatic hydroxyl groups is 3. The van der Waals surface area contributed by atoms with Crippen LogP contribution in [0.1, 0.15) is 5.56 Å². The number of carbonyl (C=O) groups is 1. The number of rotatable bonds is 7. The first-order chi connectivity index (χ1) is 20.1. The van der Waals surface area contributed by atoms with E-state index in [4.69, 9.17) is 18.6 Å². The summed E-state index contributed by atoms with van der Waals surface area (Å²) in [6.45, 7) is -0.648. The molecule has 0 bridgehead atoms. The molecule has 0 aliphatic carbocycles. The molecule has 1 aliphatic rings. The van der Waals surface area contributed by atoms with Crippen molar-refractivity contribution in [1.82, 2.24) is 0 Å². The summed E-state index contributed by atoms with van der Waals surface area (Å²) in [7, 11) is 0. The van der Waals surface area contributed by atoms with Crippen molar-refractivity contribution in [3.63, 3.8) is 0 Å². The summed E-state index contributed by atoms with van der Waals surface area (Å²) in [6.07, 6.45) is -4.87. The Hall–Kier alpha value is -4.88. The van der Waals surface area contributed by atoms with Crippen LogP contribution in [0.5, 0.6) is 23.0 Å². The van der Waals surface area contributed by atoms with Gasteiger partial charge in [-0.25, -0.2) is 4.79 Å². The molecule has 5 rings (SSSR count). The van der Waals surface area contributed by atoms with Crippen LogP contribution in [0.4, 0.5) is 0 Å². The van der Waals surface area contributed by atoms with E-state index in [-0.39, 0.29) is 34.0 Å². The molecule has 42 heavy (non-hydrogen) atoms. The molecule has 0 amide bonds. The Morgan fingerprint density at radius 3 is 2.31 bits per heavy atom. The Bertz CT molecular complexity index is 1660. The van der Waals surface area contributed by atoms with Gasteiger partial charge in [-0.15, -0.1) is 0 Å². The number of carbonyl (C=O) groups excluding carboxylic acids is 1. The van der Waals surface area contributed by atoms with Crippen LogP contribution in [-0.2, 0) is 14.3 Å². The number of phenols is 3. The molecule has 0 unspecified atom stereocenters. The maximum absolute atomic E-state index is 12.6. The molecule has 1 aromatic heterocycles. The Morgan fingerprint density at radius 1 is 0.905 bits per heavy atom. The van der Waals surface area contributed by atoms with Gasteiger partial charge in [0.1, 0.15) is 58.0 Å². The van der Waals surface area contributed by atoms with E-state index in [1.807, 2.05) is 0 Å². The van der Waals surface area contributed by atoms with E-state index in [0.29, 0.717) is 11.1 Å². The summed E-state index contributed by atoms with van der Waals surface area (Å²) < 4.78 is 22.5. The Balaban J connectivity index is 1.35. The van der Waals surface area contributed by atoms with Crippen molar-refractivity contribution in [3.8, 4) is 34.3 Å². The zero-order valence-electron chi connectivity index (χ0n) is 21.7. The zero-order chi connectivity index (χ0) is 30.0. The van der Waals surface area contributed by atoms with E-state index in [1.165, 1.54) is 42.5 Å². The van der Waals surface area contributed by atoms with Gasteiger partial charge >= 0.3 is 5.97 Å². The number of phenolic OH excluding ortho intramolecular Hbond substituents is 3. The molecular formula is C30H26O12. The predicted molar refractivity (Wildman–Crippen MR) is 147 cm³/mol. The SMILES string of the molecule is O=C(C=Cc1ccc(O)cc1)O[C@H]1[C@H](Oc2ccc(-c3cc(=O)c4c(O)cc(O)cc4o3)cc2)O[C@H](CO)[C@@H](O)[C@@H]1O. The summed E-state index contributed by atoms with van der Waals surface area (Å²) in [6, 6.07) is 15.5. The molecule has 12 heteroatoms. The first kappa shape index (κ1) is 28.6. The van der Waals surface area contributed by atoms with Crippen LogP contribution in [0.3, 0.4) is 0 Å².